The molecule has 2 N–H and O–H groups in total. The molecule has 0 saturated carbocycles. The smallest absolute Gasteiger partial charge is 0.222 e. The molecular formula is C16H23NO4. The maximum Gasteiger partial charge on any atom is 0.222 e. The van der Waals surface area contributed by atoms with Gasteiger partial charge in [0.15, 0.2) is 0 Å². The summed E-state index contributed by atoms with van der Waals surface area (Å²) in [6.07, 6.45) is 2.77. The number of aromatic hydroxyl groups is 1. The molecule has 1 aromatic carbocycles. The standard InChI is InChI=1S/C16H23NO4/c18-11-12-21-14-7-9-17(10-8-14)16(20)6-5-13-3-1-2-4-15(13)19/h1-4,14,18-19H,5-12H2. The maximum absolute atomic E-state index is 12.2. The van der Waals surface area contributed by atoms with Gasteiger partial charge in [-0.3, -0.25) is 4.79 Å². The highest BCUT2D eigenvalue weighted by Gasteiger charge is 2.22. The molecule has 0 bridgehead atoms. The molecule has 5 heteroatoms. The Balaban J connectivity index is 1.74. The van der Waals surface area contributed by atoms with E-state index in [4.69, 9.17) is 9.84 Å². The molecule has 5 nitrogen and oxygen atoms in total. The number of para-hydroxylation sites is 1. The summed E-state index contributed by atoms with van der Waals surface area (Å²) in [5.41, 5.74) is 0.812. The van der Waals surface area contributed by atoms with Gasteiger partial charge in [0, 0.05) is 19.5 Å². The van der Waals surface area contributed by atoms with Crippen LogP contribution in [0.3, 0.4) is 0 Å². The van der Waals surface area contributed by atoms with Crippen LogP contribution in [0.5, 0.6) is 5.75 Å². The van der Waals surface area contributed by atoms with Crippen molar-refractivity contribution in [2.24, 2.45) is 0 Å². The van der Waals surface area contributed by atoms with Crippen molar-refractivity contribution in [2.45, 2.75) is 31.8 Å². The highest BCUT2D eigenvalue weighted by atomic mass is 16.5. The second-order valence-corrected chi connectivity index (χ2v) is 5.30. The minimum atomic E-state index is 0.0414. The number of hydrogen-bond acceptors (Lipinski definition) is 4. The number of rotatable bonds is 6. The SMILES string of the molecule is O=C(CCc1ccccc1O)N1CCC(OCCO)CC1. The Morgan fingerprint density at radius 3 is 2.67 bits per heavy atom. The molecule has 116 valence electrons. The Hall–Kier alpha value is -1.59. The zero-order valence-electron chi connectivity index (χ0n) is 12.2. The molecule has 0 radical (unpaired) electrons. The quantitative estimate of drug-likeness (QED) is 0.830. The number of phenols is 1. The lowest BCUT2D eigenvalue weighted by Gasteiger charge is -2.32. The van der Waals surface area contributed by atoms with Crippen molar-refractivity contribution in [3.63, 3.8) is 0 Å². The van der Waals surface area contributed by atoms with Gasteiger partial charge in [-0.05, 0) is 30.9 Å². The van der Waals surface area contributed by atoms with E-state index < -0.39 is 0 Å². The van der Waals surface area contributed by atoms with Crippen LogP contribution in [0.2, 0.25) is 0 Å². The summed E-state index contributed by atoms with van der Waals surface area (Å²) in [7, 11) is 0. The number of aliphatic hydroxyl groups is 1. The van der Waals surface area contributed by atoms with Gasteiger partial charge >= 0.3 is 0 Å². The van der Waals surface area contributed by atoms with Crippen LogP contribution in [0.25, 0.3) is 0 Å². The number of carbonyl (C=O) groups is 1. The predicted octanol–water partition coefficient (Wildman–Crippen LogP) is 1.32. The van der Waals surface area contributed by atoms with E-state index in [1.807, 2.05) is 17.0 Å². The predicted molar refractivity (Wildman–Crippen MR) is 79.1 cm³/mol. The van der Waals surface area contributed by atoms with Crippen LogP contribution in [0, 0.1) is 0 Å². The number of ether oxygens (including phenoxy) is 1. The van der Waals surface area contributed by atoms with Crippen LogP contribution in [0.1, 0.15) is 24.8 Å². The molecule has 1 aromatic rings. The number of aliphatic hydroxyl groups excluding tert-OH is 1. The van der Waals surface area contributed by atoms with E-state index in [-0.39, 0.29) is 24.4 Å². The van der Waals surface area contributed by atoms with Crippen LogP contribution in [0.4, 0.5) is 0 Å². The highest BCUT2D eigenvalue weighted by Crippen LogP contribution is 2.19. The molecule has 0 spiro atoms. The van der Waals surface area contributed by atoms with Crippen molar-refractivity contribution in [1.29, 1.82) is 0 Å². The number of carbonyl (C=O) groups excluding carboxylic acids is 1. The summed E-state index contributed by atoms with van der Waals surface area (Å²) in [4.78, 5) is 14.0. The summed E-state index contributed by atoms with van der Waals surface area (Å²) in [5, 5.41) is 18.4. The molecule has 0 aromatic heterocycles. The minimum Gasteiger partial charge on any atom is -0.508 e. The number of benzene rings is 1. The summed E-state index contributed by atoms with van der Waals surface area (Å²) >= 11 is 0. The molecule has 0 atom stereocenters. The molecule has 21 heavy (non-hydrogen) atoms. The van der Waals surface area contributed by atoms with Gasteiger partial charge in [0.05, 0.1) is 19.3 Å². The molecule has 1 amide bonds. The molecule has 1 aliphatic heterocycles. The molecular weight excluding hydrogens is 270 g/mol. The number of phenolic OH excluding ortho intramolecular Hbond substituents is 1. The first-order valence-electron chi connectivity index (χ1n) is 7.48. The average Bonchev–Trinajstić information content (AvgIpc) is 2.52. The Morgan fingerprint density at radius 2 is 2.00 bits per heavy atom. The van der Waals surface area contributed by atoms with Gasteiger partial charge in [-0.25, -0.2) is 0 Å². The van der Waals surface area contributed by atoms with E-state index in [9.17, 15) is 9.90 Å². The van der Waals surface area contributed by atoms with E-state index in [2.05, 4.69) is 0 Å². The third-order valence-electron chi connectivity index (χ3n) is 3.84. The third-order valence-corrected chi connectivity index (χ3v) is 3.84. The Bertz CT molecular complexity index is 455. The first-order chi connectivity index (χ1) is 10.2. The number of nitrogens with zero attached hydrogens (tertiary/aromatic N) is 1. The lowest BCUT2D eigenvalue weighted by atomic mass is 10.1. The summed E-state index contributed by atoms with van der Waals surface area (Å²) in [5.74, 6) is 0.375. The van der Waals surface area contributed by atoms with Crippen LogP contribution in [0.15, 0.2) is 24.3 Å². The first kappa shape index (κ1) is 15.8. The molecule has 1 heterocycles. The van der Waals surface area contributed by atoms with E-state index in [1.54, 1.807) is 12.1 Å². The van der Waals surface area contributed by atoms with E-state index in [0.29, 0.717) is 32.5 Å². The molecule has 0 aliphatic carbocycles. The van der Waals surface area contributed by atoms with Gasteiger partial charge in [0.1, 0.15) is 5.75 Å². The van der Waals surface area contributed by atoms with Crippen molar-refractivity contribution >= 4 is 5.91 Å². The lowest BCUT2D eigenvalue weighted by molar-refractivity contribution is -0.133. The van der Waals surface area contributed by atoms with Gasteiger partial charge in [-0.1, -0.05) is 18.2 Å². The van der Waals surface area contributed by atoms with Gasteiger partial charge in [0.25, 0.3) is 0 Å². The molecule has 1 saturated heterocycles. The summed E-state index contributed by atoms with van der Waals surface area (Å²) < 4.78 is 5.48. The monoisotopic (exact) mass is 293 g/mol. The number of hydrogen-bond donors (Lipinski definition) is 2. The fraction of sp³-hybridized carbons (Fsp3) is 0.562. The largest absolute Gasteiger partial charge is 0.508 e. The highest BCUT2D eigenvalue weighted by molar-refractivity contribution is 5.76. The van der Waals surface area contributed by atoms with E-state index >= 15 is 0 Å². The zero-order chi connectivity index (χ0) is 15.1. The van der Waals surface area contributed by atoms with E-state index in [0.717, 1.165) is 18.4 Å². The van der Waals surface area contributed by atoms with Crippen molar-refractivity contribution in [1.82, 2.24) is 4.90 Å². The van der Waals surface area contributed by atoms with Gasteiger partial charge in [-0.15, -0.1) is 0 Å². The fourth-order valence-electron chi connectivity index (χ4n) is 2.61. The number of piperidine rings is 1. The van der Waals surface area contributed by atoms with Crippen molar-refractivity contribution in [2.75, 3.05) is 26.3 Å². The maximum atomic E-state index is 12.2. The van der Waals surface area contributed by atoms with Crippen molar-refractivity contribution < 1.29 is 19.7 Å². The van der Waals surface area contributed by atoms with Crippen LogP contribution < -0.4 is 0 Å². The normalized spacial score (nSPS) is 16.1. The Morgan fingerprint density at radius 1 is 1.29 bits per heavy atom. The van der Waals surface area contributed by atoms with Crippen LogP contribution in [-0.2, 0) is 16.0 Å². The topological polar surface area (TPSA) is 70.0 Å². The van der Waals surface area contributed by atoms with Gasteiger partial charge in [0.2, 0.25) is 5.91 Å². The van der Waals surface area contributed by atoms with Crippen molar-refractivity contribution in [3.05, 3.63) is 29.8 Å². The third kappa shape index (κ3) is 4.72. The Labute approximate surface area is 125 Å². The Kier molecular flexibility index (Phi) is 6.02. The summed E-state index contributed by atoms with van der Waals surface area (Å²) in [6, 6.07) is 7.13. The molecule has 0 unspecified atom stereocenters. The number of aryl methyl sites for hydroxylation is 1. The minimum absolute atomic E-state index is 0.0414. The van der Waals surface area contributed by atoms with E-state index in [1.165, 1.54) is 0 Å². The summed E-state index contributed by atoms with van der Waals surface area (Å²) in [6.45, 7) is 1.82. The van der Waals surface area contributed by atoms with Gasteiger partial charge in [-0.2, -0.15) is 0 Å². The molecule has 1 fully saturated rings. The van der Waals surface area contributed by atoms with Crippen LogP contribution >= 0.6 is 0 Å². The van der Waals surface area contributed by atoms with Gasteiger partial charge < -0.3 is 19.8 Å². The lowest BCUT2D eigenvalue weighted by Crippen LogP contribution is -2.41. The second-order valence-electron chi connectivity index (χ2n) is 5.30. The fourth-order valence-corrected chi connectivity index (χ4v) is 2.61. The van der Waals surface area contributed by atoms with Crippen LogP contribution in [-0.4, -0.2) is 53.4 Å². The second kappa shape index (κ2) is 8.00. The zero-order valence-corrected chi connectivity index (χ0v) is 12.2. The number of likely N-dealkylation sites (tertiary alicyclic amines) is 1. The number of amides is 1. The first-order valence-corrected chi connectivity index (χ1v) is 7.48. The molecule has 1 aliphatic rings. The molecule has 2 rings (SSSR count). The van der Waals surface area contributed by atoms with Crippen molar-refractivity contribution in [3.8, 4) is 5.75 Å². The average molecular weight is 293 g/mol.